The van der Waals surface area contributed by atoms with Crippen molar-refractivity contribution in [1.29, 1.82) is 0 Å². The fraction of sp³-hybridized carbons (Fsp3) is 0.625. The summed E-state index contributed by atoms with van der Waals surface area (Å²) >= 11 is 0. The molecule has 0 atom stereocenters. The lowest BCUT2D eigenvalue weighted by Crippen LogP contribution is -2.29. The third-order valence-corrected chi connectivity index (χ3v) is 5.47. The van der Waals surface area contributed by atoms with Crippen LogP contribution >= 0.6 is 0 Å². The van der Waals surface area contributed by atoms with Gasteiger partial charge in [-0.25, -0.2) is 8.42 Å². The molecule has 0 saturated carbocycles. The van der Waals surface area contributed by atoms with E-state index in [1.165, 1.54) is 5.56 Å². The number of hydrogen-bond acceptors (Lipinski definition) is 4. The van der Waals surface area contributed by atoms with Gasteiger partial charge in [0.1, 0.15) is 12.4 Å². The van der Waals surface area contributed by atoms with Gasteiger partial charge >= 0.3 is 0 Å². The summed E-state index contributed by atoms with van der Waals surface area (Å²) in [4.78, 5) is 0. The number of sulfone groups is 1. The van der Waals surface area contributed by atoms with Crippen molar-refractivity contribution in [1.82, 2.24) is 0 Å². The SMILES string of the molecule is CC(C)c1ccc(OCCOC2CCS(=O)(=O)CC2)cc1. The van der Waals surface area contributed by atoms with Crippen LogP contribution in [0.15, 0.2) is 24.3 Å². The molecule has 0 unspecified atom stereocenters. The summed E-state index contributed by atoms with van der Waals surface area (Å²) in [5.41, 5.74) is 1.29. The molecule has 2 rings (SSSR count). The molecule has 0 radical (unpaired) electrons. The second-order valence-corrected chi connectivity index (χ2v) is 8.10. The zero-order valence-corrected chi connectivity index (χ0v) is 13.6. The molecule has 1 aromatic rings. The smallest absolute Gasteiger partial charge is 0.150 e. The van der Waals surface area contributed by atoms with E-state index in [2.05, 4.69) is 26.0 Å². The van der Waals surface area contributed by atoms with Crippen LogP contribution in [0.5, 0.6) is 5.75 Å². The summed E-state index contributed by atoms with van der Waals surface area (Å²) in [5, 5.41) is 0. The minimum absolute atomic E-state index is 0.0560. The lowest BCUT2D eigenvalue weighted by Gasteiger charge is -2.22. The van der Waals surface area contributed by atoms with Crippen LogP contribution in [0.4, 0.5) is 0 Å². The van der Waals surface area contributed by atoms with Gasteiger partial charge in [0.25, 0.3) is 0 Å². The molecule has 1 aliphatic heterocycles. The number of hydrogen-bond donors (Lipinski definition) is 0. The van der Waals surface area contributed by atoms with E-state index in [4.69, 9.17) is 9.47 Å². The summed E-state index contributed by atoms with van der Waals surface area (Å²) in [6.45, 7) is 5.31. The first-order chi connectivity index (χ1) is 9.96. The summed E-state index contributed by atoms with van der Waals surface area (Å²) in [7, 11) is -2.81. The van der Waals surface area contributed by atoms with Gasteiger partial charge in [0.15, 0.2) is 9.84 Å². The van der Waals surface area contributed by atoms with Crippen molar-refractivity contribution in [3.05, 3.63) is 29.8 Å². The fourth-order valence-electron chi connectivity index (χ4n) is 2.36. The third-order valence-electron chi connectivity index (χ3n) is 3.75. The minimum Gasteiger partial charge on any atom is -0.491 e. The van der Waals surface area contributed by atoms with Crippen molar-refractivity contribution in [2.75, 3.05) is 24.7 Å². The summed E-state index contributed by atoms with van der Waals surface area (Å²) < 4.78 is 33.9. The standard InChI is InChI=1S/C16H24O4S/c1-13(2)14-3-5-15(6-4-14)19-9-10-20-16-7-11-21(17,18)12-8-16/h3-6,13,16H,7-12H2,1-2H3. The lowest BCUT2D eigenvalue weighted by atomic mass is 10.0. The van der Waals surface area contributed by atoms with Gasteiger partial charge < -0.3 is 9.47 Å². The number of ether oxygens (including phenoxy) is 2. The molecule has 118 valence electrons. The molecular weight excluding hydrogens is 288 g/mol. The van der Waals surface area contributed by atoms with Crippen LogP contribution in [0.3, 0.4) is 0 Å². The lowest BCUT2D eigenvalue weighted by molar-refractivity contribution is 0.0285. The maximum absolute atomic E-state index is 11.3. The van der Waals surface area contributed by atoms with Gasteiger partial charge in [-0.3, -0.25) is 0 Å². The van der Waals surface area contributed by atoms with Gasteiger partial charge in [0, 0.05) is 0 Å². The minimum atomic E-state index is -2.81. The Bertz CT molecular complexity index is 520. The van der Waals surface area contributed by atoms with E-state index in [0.29, 0.717) is 32.0 Å². The molecule has 4 nitrogen and oxygen atoms in total. The molecule has 1 aromatic carbocycles. The first kappa shape index (κ1) is 16.3. The van der Waals surface area contributed by atoms with Crippen LogP contribution in [-0.4, -0.2) is 39.2 Å². The Balaban J connectivity index is 1.66. The van der Waals surface area contributed by atoms with Gasteiger partial charge in [0.2, 0.25) is 0 Å². The van der Waals surface area contributed by atoms with Crippen molar-refractivity contribution >= 4 is 9.84 Å². The van der Waals surface area contributed by atoms with Gasteiger partial charge in [-0.1, -0.05) is 26.0 Å². The fourth-order valence-corrected chi connectivity index (χ4v) is 3.81. The largest absolute Gasteiger partial charge is 0.491 e. The molecule has 1 aliphatic rings. The van der Waals surface area contributed by atoms with Crippen LogP contribution in [0.25, 0.3) is 0 Å². The number of rotatable bonds is 6. The molecule has 0 amide bonds. The first-order valence-electron chi connectivity index (χ1n) is 7.51. The maximum Gasteiger partial charge on any atom is 0.150 e. The molecule has 5 heteroatoms. The molecule has 1 heterocycles. The highest BCUT2D eigenvalue weighted by atomic mass is 32.2. The predicted molar refractivity (Wildman–Crippen MR) is 83.7 cm³/mol. The Hall–Kier alpha value is -1.07. The van der Waals surface area contributed by atoms with Gasteiger partial charge in [0.05, 0.1) is 24.2 Å². The van der Waals surface area contributed by atoms with Gasteiger partial charge in [-0.05, 0) is 36.5 Å². The molecular formula is C16H24O4S. The molecule has 0 aliphatic carbocycles. The van der Waals surface area contributed by atoms with Crippen molar-refractivity contribution in [3.8, 4) is 5.75 Å². The second-order valence-electron chi connectivity index (χ2n) is 5.79. The van der Waals surface area contributed by atoms with Crippen LogP contribution in [-0.2, 0) is 14.6 Å². The van der Waals surface area contributed by atoms with Crippen molar-refractivity contribution < 1.29 is 17.9 Å². The molecule has 0 aromatic heterocycles. The molecule has 1 fully saturated rings. The summed E-state index contributed by atoms with van der Waals surface area (Å²) in [6, 6.07) is 8.10. The highest BCUT2D eigenvalue weighted by Gasteiger charge is 2.23. The maximum atomic E-state index is 11.3. The highest BCUT2D eigenvalue weighted by molar-refractivity contribution is 7.91. The van der Waals surface area contributed by atoms with E-state index in [9.17, 15) is 8.42 Å². The summed E-state index contributed by atoms with van der Waals surface area (Å²) in [6.07, 6.45) is 1.26. The van der Waals surface area contributed by atoms with Crippen LogP contribution in [0.2, 0.25) is 0 Å². The predicted octanol–water partition coefficient (Wildman–Crippen LogP) is 2.78. The Labute approximate surface area is 127 Å². The molecule has 21 heavy (non-hydrogen) atoms. The quantitative estimate of drug-likeness (QED) is 0.758. The van der Waals surface area contributed by atoms with Gasteiger partial charge in [-0.2, -0.15) is 0 Å². The topological polar surface area (TPSA) is 52.6 Å². The van der Waals surface area contributed by atoms with E-state index in [1.807, 2.05) is 12.1 Å². The Morgan fingerprint density at radius 3 is 2.29 bits per heavy atom. The average Bonchev–Trinajstić information content (AvgIpc) is 2.45. The Kier molecular flexibility index (Phi) is 5.65. The van der Waals surface area contributed by atoms with Crippen LogP contribution < -0.4 is 4.74 Å². The first-order valence-corrected chi connectivity index (χ1v) is 9.33. The van der Waals surface area contributed by atoms with Gasteiger partial charge in [-0.15, -0.1) is 0 Å². The average molecular weight is 312 g/mol. The molecule has 0 spiro atoms. The zero-order chi connectivity index (χ0) is 15.3. The van der Waals surface area contributed by atoms with E-state index in [0.717, 1.165) is 5.75 Å². The Morgan fingerprint density at radius 1 is 1.10 bits per heavy atom. The zero-order valence-electron chi connectivity index (χ0n) is 12.7. The normalized spacial score (nSPS) is 18.8. The van der Waals surface area contributed by atoms with E-state index in [-0.39, 0.29) is 17.6 Å². The monoisotopic (exact) mass is 312 g/mol. The highest BCUT2D eigenvalue weighted by Crippen LogP contribution is 2.19. The van der Waals surface area contributed by atoms with Crippen molar-refractivity contribution in [2.24, 2.45) is 0 Å². The Morgan fingerprint density at radius 2 is 1.71 bits per heavy atom. The van der Waals surface area contributed by atoms with Crippen LogP contribution in [0, 0.1) is 0 Å². The van der Waals surface area contributed by atoms with E-state index < -0.39 is 9.84 Å². The van der Waals surface area contributed by atoms with E-state index in [1.54, 1.807) is 0 Å². The molecule has 0 bridgehead atoms. The molecule has 0 N–H and O–H groups in total. The number of benzene rings is 1. The van der Waals surface area contributed by atoms with Crippen LogP contribution in [0.1, 0.15) is 38.2 Å². The second kappa shape index (κ2) is 7.27. The van der Waals surface area contributed by atoms with Crippen molar-refractivity contribution in [3.63, 3.8) is 0 Å². The van der Waals surface area contributed by atoms with E-state index >= 15 is 0 Å². The molecule has 1 saturated heterocycles. The van der Waals surface area contributed by atoms with Crippen molar-refractivity contribution in [2.45, 2.75) is 38.7 Å². The summed E-state index contributed by atoms with van der Waals surface area (Å²) in [5.74, 6) is 1.85. The third kappa shape index (κ3) is 5.32.